The zero-order chi connectivity index (χ0) is 21.1. The van der Waals surface area contributed by atoms with Gasteiger partial charge in [-0.3, -0.25) is 0 Å². The van der Waals surface area contributed by atoms with E-state index in [9.17, 15) is 13.2 Å². The second kappa shape index (κ2) is 8.55. The summed E-state index contributed by atoms with van der Waals surface area (Å²) in [4.78, 5) is 0. The highest BCUT2D eigenvalue weighted by Crippen LogP contribution is 2.34. The van der Waals surface area contributed by atoms with Gasteiger partial charge in [0.2, 0.25) is 0 Å². The molecule has 0 unspecified atom stereocenters. The van der Waals surface area contributed by atoms with E-state index < -0.39 is 19.8 Å². The van der Waals surface area contributed by atoms with Gasteiger partial charge in [0, 0.05) is 32.0 Å². The second-order valence-corrected chi connectivity index (χ2v) is 13.8. The van der Waals surface area contributed by atoms with E-state index in [0.717, 1.165) is 29.3 Å². The first-order valence-corrected chi connectivity index (χ1v) is 13.2. The van der Waals surface area contributed by atoms with Gasteiger partial charge >= 0.3 is 6.18 Å². The molecule has 0 aliphatic carbocycles. The molecule has 0 fully saturated rings. The smallest absolute Gasteiger partial charge is 0.360 e. The van der Waals surface area contributed by atoms with Crippen LogP contribution in [0.2, 0.25) is 25.7 Å². The molecule has 0 aliphatic rings. The van der Waals surface area contributed by atoms with Crippen LogP contribution in [0, 0.1) is 0 Å². The van der Waals surface area contributed by atoms with Crippen LogP contribution in [0.3, 0.4) is 0 Å². The summed E-state index contributed by atoms with van der Waals surface area (Å²) in [6, 6.07) is 15.9. The summed E-state index contributed by atoms with van der Waals surface area (Å²) < 4.78 is 46.2. The lowest BCUT2D eigenvalue weighted by Gasteiger charge is -2.15. The van der Waals surface area contributed by atoms with E-state index in [1.807, 2.05) is 36.5 Å². The maximum Gasteiger partial charge on any atom is 0.416 e. The average molecular weight is 419 g/mol. The Morgan fingerprint density at radius 1 is 0.931 bits per heavy atom. The van der Waals surface area contributed by atoms with Crippen LogP contribution in [0.15, 0.2) is 60.8 Å². The molecule has 1 heterocycles. The van der Waals surface area contributed by atoms with E-state index in [4.69, 9.17) is 4.74 Å². The molecule has 0 radical (unpaired) electrons. The number of alkyl halides is 3. The first-order valence-electron chi connectivity index (χ1n) is 9.52. The molecule has 0 spiro atoms. The standard InChI is InChI=1S/C22H25F3N2OSi/c1-29(2,3)14-13-28-16-27-15-20(17-7-5-4-6-8-17)21(26-27)18-9-11-19(12-10-18)22(23,24)25/h4-12,15H,13-14,16H2,1-3H3. The maximum atomic E-state index is 12.9. The quantitative estimate of drug-likeness (QED) is 0.321. The van der Waals surface area contributed by atoms with Crippen molar-refractivity contribution in [3.05, 3.63) is 66.4 Å². The number of hydrogen-bond donors (Lipinski definition) is 0. The van der Waals surface area contributed by atoms with Gasteiger partial charge in [-0.1, -0.05) is 62.1 Å². The number of hydrogen-bond acceptors (Lipinski definition) is 2. The Labute approximate surface area is 170 Å². The highest BCUT2D eigenvalue weighted by Gasteiger charge is 2.30. The molecule has 0 amide bonds. The number of ether oxygens (including phenoxy) is 1. The van der Waals surface area contributed by atoms with Crippen LogP contribution in [0.4, 0.5) is 13.2 Å². The monoisotopic (exact) mass is 418 g/mol. The molecule has 1 aromatic heterocycles. The van der Waals surface area contributed by atoms with Crippen molar-refractivity contribution in [2.75, 3.05) is 6.61 Å². The largest absolute Gasteiger partial charge is 0.416 e. The van der Waals surface area contributed by atoms with Gasteiger partial charge in [0.25, 0.3) is 0 Å². The Balaban J connectivity index is 1.87. The van der Waals surface area contributed by atoms with Crippen molar-refractivity contribution in [3.63, 3.8) is 0 Å². The minimum absolute atomic E-state index is 0.310. The predicted octanol–water partition coefficient (Wildman–Crippen LogP) is 6.55. The van der Waals surface area contributed by atoms with E-state index >= 15 is 0 Å². The van der Waals surface area contributed by atoms with Crippen molar-refractivity contribution in [1.29, 1.82) is 0 Å². The molecule has 0 aliphatic heterocycles. The molecule has 29 heavy (non-hydrogen) atoms. The molecule has 3 nitrogen and oxygen atoms in total. The van der Waals surface area contributed by atoms with Crippen molar-refractivity contribution in [3.8, 4) is 22.4 Å². The van der Waals surface area contributed by atoms with E-state index in [1.54, 1.807) is 4.68 Å². The molecule has 3 rings (SSSR count). The molecule has 154 valence electrons. The topological polar surface area (TPSA) is 27.1 Å². The van der Waals surface area contributed by atoms with Gasteiger partial charge in [0.1, 0.15) is 12.4 Å². The van der Waals surface area contributed by atoms with Gasteiger partial charge in [-0.2, -0.15) is 18.3 Å². The molecule has 0 saturated heterocycles. The summed E-state index contributed by atoms with van der Waals surface area (Å²) in [6.07, 6.45) is -2.47. The van der Waals surface area contributed by atoms with Gasteiger partial charge in [0.15, 0.2) is 0 Å². The Morgan fingerprint density at radius 3 is 2.17 bits per heavy atom. The lowest BCUT2D eigenvalue weighted by atomic mass is 10.0. The SMILES string of the molecule is C[Si](C)(C)CCOCn1cc(-c2ccccc2)c(-c2ccc(C(F)(F)F)cc2)n1. The van der Waals surface area contributed by atoms with E-state index in [-0.39, 0.29) is 0 Å². The van der Waals surface area contributed by atoms with Gasteiger partial charge < -0.3 is 4.74 Å². The van der Waals surface area contributed by atoms with E-state index in [1.165, 1.54) is 12.1 Å². The Bertz CT molecular complexity index is 929. The van der Waals surface area contributed by atoms with Crippen molar-refractivity contribution in [1.82, 2.24) is 9.78 Å². The van der Waals surface area contributed by atoms with E-state index in [0.29, 0.717) is 24.6 Å². The van der Waals surface area contributed by atoms with Crippen LogP contribution in [0.25, 0.3) is 22.4 Å². The van der Waals surface area contributed by atoms with Crippen LogP contribution in [-0.2, 0) is 17.6 Å². The fourth-order valence-corrected chi connectivity index (χ4v) is 3.64. The molecule has 7 heteroatoms. The highest BCUT2D eigenvalue weighted by atomic mass is 28.3. The van der Waals surface area contributed by atoms with Crippen molar-refractivity contribution >= 4 is 8.07 Å². The van der Waals surface area contributed by atoms with Gasteiger partial charge in [-0.05, 0) is 23.7 Å². The third kappa shape index (κ3) is 5.80. The second-order valence-electron chi connectivity index (χ2n) is 8.22. The van der Waals surface area contributed by atoms with Crippen LogP contribution >= 0.6 is 0 Å². The summed E-state index contributed by atoms with van der Waals surface area (Å²) in [7, 11) is -1.17. The first-order chi connectivity index (χ1) is 13.6. The molecule has 0 atom stereocenters. The van der Waals surface area contributed by atoms with Crippen molar-refractivity contribution in [2.45, 2.75) is 38.6 Å². The summed E-state index contributed by atoms with van der Waals surface area (Å²) in [5.41, 5.74) is 2.42. The number of nitrogens with zero attached hydrogens (tertiary/aromatic N) is 2. The van der Waals surface area contributed by atoms with Crippen LogP contribution in [0.5, 0.6) is 0 Å². The zero-order valence-corrected chi connectivity index (χ0v) is 17.8. The first kappa shape index (κ1) is 21.3. The molecule has 3 aromatic rings. The lowest BCUT2D eigenvalue weighted by Crippen LogP contribution is -2.22. The summed E-state index contributed by atoms with van der Waals surface area (Å²) in [5, 5.41) is 4.60. The fraction of sp³-hybridized carbons (Fsp3) is 0.318. The number of aromatic nitrogens is 2. The van der Waals surface area contributed by atoms with Crippen LogP contribution in [-0.4, -0.2) is 24.5 Å². The number of halogens is 3. The fourth-order valence-electron chi connectivity index (χ4n) is 2.88. The minimum atomic E-state index is -4.36. The van der Waals surface area contributed by atoms with Crippen molar-refractivity contribution in [2.24, 2.45) is 0 Å². The predicted molar refractivity (Wildman–Crippen MR) is 112 cm³/mol. The molecule has 0 N–H and O–H groups in total. The summed E-state index contributed by atoms with van der Waals surface area (Å²) in [5.74, 6) is 0. The molecular formula is C22H25F3N2OSi. The van der Waals surface area contributed by atoms with Crippen LogP contribution < -0.4 is 0 Å². The number of benzene rings is 2. The Hall–Kier alpha value is -2.38. The summed E-state index contributed by atoms with van der Waals surface area (Å²) >= 11 is 0. The van der Waals surface area contributed by atoms with Gasteiger partial charge in [-0.15, -0.1) is 0 Å². The van der Waals surface area contributed by atoms with Crippen molar-refractivity contribution < 1.29 is 17.9 Å². The average Bonchev–Trinajstić information content (AvgIpc) is 3.09. The lowest BCUT2D eigenvalue weighted by molar-refractivity contribution is -0.137. The molecule has 0 bridgehead atoms. The molecule has 2 aromatic carbocycles. The van der Waals surface area contributed by atoms with Gasteiger partial charge in [0.05, 0.1) is 5.56 Å². The van der Waals surface area contributed by atoms with Gasteiger partial charge in [-0.25, -0.2) is 4.68 Å². The third-order valence-corrected chi connectivity index (χ3v) is 6.26. The minimum Gasteiger partial charge on any atom is -0.360 e. The maximum absolute atomic E-state index is 12.9. The van der Waals surface area contributed by atoms with Crippen LogP contribution in [0.1, 0.15) is 5.56 Å². The molecular weight excluding hydrogens is 393 g/mol. The normalized spacial score (nSPS) is 12.3. The number of rotatable bonds is 7. The third-order valence-electron chi connectivity index (χ3n) is 4.55. The zero-order valence-electron chi connectivity index (χ0n) is 16.8. The van der Waals surface area contributed by atoms with E-state index in [2.05, 4.69) is 24.7 Å². The molecule has 0 saturated carbocycles. The Kier molecular flexibility index (Phi) is 6.29. The highest BCUT2D eigenvalue weighted by molar-refractivity contribution is 6.76. The summed E-state index contributed by atoms with van der Waals surface area (Å²) in [6.45, 7) is 7.86. The Morgan fingerprint density at radius 2 is 1.59 bits per heavy atom.